The molecule has 33 heavy (non-hydrogen) atoms. The summed E-state index contributed by atoms with van der Waals surface area (Å²) in [6.07, 6.45) is 0.728. The van der Waals surface area contributed by atoms with Crippen LogP contribution in [0.25, 0.3) is 11.4 Å². The van der Waals surface area contributed by atoms with Crippen molar-refractivity contribution in [2.45, 2.75) is 26.5 Å². The molecule has 4 rings (SSSR count). The Hall–Kier alpha value is -3.71. The summed E-state index contributed by atoms with van der Waals surface area (Å²) in [7, 11) is 0. The van der Waals surface area contributed by atoms with Gasteiger partial charge in [0.2, 0.25) is 5.91 Å². The summed E-state index contributed by atoms with van der Waals surface area (Å²) in [4.78, 5) is 12.5. The standard InChI is InChI=1S/C26H26N4O2S/c1-19-6-5-9-22(16-19)25-28-29-26(33)30(25)17-24(31)27-15-14-20-10-12-23(13-11-20)32-18-21-7-3-2-4-8-21/h2-13,16H,14-15,17-18H2,1H3,(H,27,31)(H,29,33). The second-order valence-electron chi connectivity index (χ2n) is 7.83. The summed E-state index contributed by atoms with van der Waals surface area (Å²) < 4.78 is 7.97. The topological polar surface area (TPSA) is 71.9 Å². The second kappa shape index (κ2) is 10.7. The van der Waals surface area contributed by atoms with Crippen molar-refractivity contribution >= 4 is 18.1 Å². The normalized spacial score (nSPS) is 10.7. The molecule has 0 aliphatic carbocycles. The molecule has 7 heteroatoms. The molecule has 1 amide bonds. The van der Waals surface area contributed by atoms with Gasteiger partial charge < -0.3 is 10.1 Å². The SMILES string of the molecule is Cc1cccc(-c2n[nH]c(=S)n2CC(=O)NCCc2ccc(OCc3ccccc3)cc2)c1. The molecule has 0 aliphatic heterocycles. The van der Waals surface area contributed by atoms with E-state index in [9.17, 15) is 4.79 Å². The van der Waals surface area contributed by atoms with Gasteiger partial charge in [-0.3, -0.25) is 14.5 Å². The van der Waals surface area contributed by atoms with Gasteiger partial charge in [-0.05, 0) is 54.9 Å². The van der Waals surface area contributed by atoms with Crippen LogP contribution in [0.2, 0.25) is 0 Å². The number of aromatic amines is 1. The molecular weight excluding hydrogens is 432 g/mol. The Kier molecular flexibility index (Phi) is 7.32. The third-order valence-corrected chi connectivity index (χ3v) is 5.56. The molecule has 0 bridgehead atoms. The van der Waals surface area contributed by atoms with Crippen molar-refractivity contribution in [1.29, 1.82) is 0 Å². The smallest absolute Gasteiger partial charge is 0.240 e. The zero-order valence-corrected chi connectivity index (χ0v) is 19.3. The maximum atomic E-state index is 12.5. The first-order valence-electron chi connectivity index (χ1n) is 10.8. The van der Waals surface area contributed by atoms with Gasteiger partial charge in [-0.15, -0.1) is 0 Å². The third-order valence-electron chi connectivity index (χ3n) is 5.24. The number of hydrogen-bond acceptors (Lipinski definition) is 4. The molecule has 2 N–H and O–H groups in total. The largest absolute Gasteiger partial charge is 0.489 e. The number of carbonyl (C=O) groups excluding carboxylic acids is 1. The number of benzene rings is 3. The third kappa shape index (κ3) is 6.17. The number of aryl methyl sites for hydroxylation is 1. The Morgan fingerprint density at radius 1 is 1.03 bits per heavy atom. The molecule has 3 aromatic carbocycles. The molecule has 1 heterocycles. The Bertz CT molecular complexity index is 1260. The van der Waals surface area contributed by atoms with Crippen molar-refractivity contribution in [2.24, 2.45) is 0 Å². The summed E-state index contributed by atoms with van der Waals surface area (Å²) in [6.45, 7) is 3.21. The number of nitrogens with zero attached hydrogens (tertiary/aromatic N) is 2. The number of carbonyl (C=O) groups is 1. The van der Waals surface area contributed by atoms with Crippen LogP contribution < -0.4 is 10.1 Å². The average molecular weight is 459 g/mol. The van der Waals surface area contributed by atoms with Crippen molar-refractivity contribution in [3.05, 3.63) is 100 Å². The highest BCUT2D eigenvalue weighted by Crippen LogP contribution is 2.18. The number of nitrogens with one attached hydrogen (secondary N) is 2. The van der Waals surface area contributed by atoms with Crippen LogP contribution in [0.5, 0.6) is 5.75 Å². The van der Waals surface area contributed by atoms with Gasteiger partial charge in [-0.1, -0.05) is 66.2 Å². The van der Waals surface area contributed by atoms with E-state index in [1.165, 1.54) is 0 Å². The van der Waals surface area contributed by atoms with E-state index in [0.717, 1.165) is 34.4 Å². The minimum atomic E-state index is -0.107. The molecule has 0 saturated carbocycles. The molecule has 0 aliphatic rings. The van der Waals surface area contributed by atoms with E-state index in [0.29, 0.717) is 23.7 Å². The molecule has 0 radical (unpaired) electrons. The van der Waals surface area contributed by atoms with Crippen molar-refractivity contribution in [3.8, 4) is 17.1 Å². The summed E-state index contributed by atoms with van der Waals surface area (Å²) >= 11 is 5.33. The predicted octanol–water partition coefficient (Wildman–Crippen LogP) is 4.85. The summed E-state index contributed by atoms with van der Waals surface area (Å²) in [5.41, 5.74) is 4.30. The highest BCUT2D eigenvalue weighted by atomic mass is 32.1. The van der Waals surface area contributed by atoms with E-state index in [1.54, 1.807) is 4.57 Å². The molecule has 0 saturated heterocycles. The fraction of sp³-hybridized carbons (Fsp3) is 0.192. The van der Waals surface area contributed by atoms with E-state index in [2.05, 4.69) is 15.5 Å². The van der Waals surface area contributed by atoms with Crippen molar-refractivity contribution in [2.75, 3.05) is 6.54 Å². The van der Waals surface area contributed by atoms with Crippen LogP contribution >= 0.6 is 12.2 Å². The lowest BCUT2D eigenvalue weighted by Gasteiger charge is -2.10. The van der Waals surface area contributed by atoms with Gasteiger partial charge in [0.15, 0.2) is 10.6 Å². The molecule has 6 nitrogen and oxygen atoms in total. The maximum Gasteiger partial charge on any atom is 0.240 e. The van der Waals surface area contributed by atoms with Crippen LogP contribution in [0.3, 0.4) is 0 Å². The predicted molar refractivity (Wildman–Crippen MR) is 132 cm³/mol. The highest BCUT2D eigenvalue weighted by molar-refractivity contribution is 7.71. The zero-order valence-electron chi connectivity index (χ0n) is 18.5. The molecule has 0 spiro atoms. The molecule has 0 fully saturated rings. The number of rotatable bonds is 9. The first-order valence-corrected chi connectivity index (χ1v) is 11.2. The van der Waals surface area contributed by atoms with E-state index < -0.39 is 0 Å². The van der Waals surface area contributed by atoms with Crippen LogP contribution in [0.4, 0.5) is 0 Å². The quantitative estimate of drug-likeness (QED) is 0.352. The van der Waals surface area contributed by atoms with Gasteiger partial charge in [0.05, 0.1) is 0 Å². The lowest BCUT2D eigenvalue weighted by molar-refractivity contribution is -0.121. The first kappa shape index (κ1) is 22.5. The van der Waals surface area contributed by atoms with Gasteiger partial charge in [-0.2, -0.15) is 5.10 Å². The Morgan fingerprint density at radius 2 is 1.82 bits per heavy atom. The Labute approximate surface area is 198 Å². The van der Waals surface area contributed by atoms with Crippen LogP contribution in [0.1, 0.15) is 16.7 Å². The van der Waals surface area contributed by atoms with E-state index in [-0.39, 0.29) is 12.5 Å². The summed E-state index contributed by atoms with van der Waals surface area (Å²) in [5, 5.41) is 10.1. The first-order chi connectivity index (χ1) is 16.1. The van der Waals surface area contributed by atoms with Gasteiger partial charge in [-0.25, -0.2) is 0 Å². The van der Waals surface area contributed by atoms with Crippen LogP contribution in [-0.2, 0) is 24.4 Å². The lowest BCUT2D eigenvalue weighted by atomic mass is 10.1. The number of hydrogen-bond donors (Lipinski definition) is 2. The highest BCUT2D eigenvalue weighted by Gasteiger charge is 2.12. The van der Waals surface area contributed by atoms with Crippen LogP contribution in [0, 0.1) is 11.7 Å². The Balaban J connectivity index is 1.27. The minimum Gasteiger partial charge on any atom is -0.489 e. The molecule has 1 aromatic heterocycles. The average Bonchev–Trinajstić information content (AvgIpc) is 3.19. The molecule has 0 atom stereocenters. The van der Waals surface area contributed by atoms with Crippen molar-refractivity contribution < 1.29 is 9.53 Å². The molecular formula is C26H26N4O2S. The molecule has 0 unspecified atom stereocenters. The van der Waals surface area contributed by atoms with Gasteiger partial charge in [0, 0.05) is 12.1 Å². The second-order valence-corrected chi connectivity index (χ2v) is 8.21. The van der Waals surface area contributed by atoms with E-state index in [1.807, 2.05) is 85.8 Å². The summed E-state index contributed by atoms with van der Waals surface area (Å²) in [5.74, 6) is 1.37. The van der Waals surface area contributed by atoms with E-state index in [4.69, 9.17) is 17.0 Å². The van der Waals surface area contributed by atoms with Crippen LogP contribution in [-0.4, -0.2) is 27.2 Å². The fourth-order valence-corrected chi connectivity index (χ4v) is 3.70. The Morgan fingerprint density at radius 3 is 2.58 bits per heavy atom. The number of H-pyrrole nitrogens is 1. The molecule has 168 valence electrons. The molecule has 4 aromatic rings. The van der Waals surface area contributed by atoms with Gasteiger partial charge >= 0.3 is 0 Å². The fourth-order valence-electron chi connectivity index (χ4n) is 3.51. The lowest BCUT2D eigenvalue weighted by Crippen LogP contribution is -2.29. The monoisotopic (exact) mass is 458 g/mol. The number of aromatic nitrogens is 3. The van der Waals surface area contributed by atoms with Gasteiger partial charge in [0.25, 0.3) is 0 Å². The van der Waals surface area contributed by atoms with E-state index >= 15 is 0 Å². The zero-order chi connectivity index (χ0) is 23.0. The van der Waals surface area contributed by atoms with Crippen molar-refractivity contribution in [1.82, 2.24) is 20.1 Å². The number of amides is 1. The minimum absolute atomic E-state index is 0.107. The van der Waals surface area contributed by atoms with Crippen LogP contribution in [0.15, 0.2) is 78.9 Å². The van der Waals surface area contributed by atoms with Gasteiger partial charge in [0.1, 0.15) is 18.9 Å². The maximum absolute atomic E-state index is 12.5. The number of ether oxygens (including phenoxy) is 1. The summed E-state index contributed by atoms with van der Waals surface area (Å²) in [6, 6.07) is 26.0. The van der Waals surface area contributed by atoms with Crippen molar-refractivity contribution in [3.63, 3.8) is 0 Å².